The van der Waals surface area contributed by atoms with Gasteiger partial charge in [-0.05, 0) is 27.7 Å². The van der Waals surface area contributed by atoms with Gasteiger partial charge in [-0.1, -0.05) is 0 Å². The van der Waals surface area contributed by atoms with E-state index in [9.17, 15) is 5.11 Å². The van der Waals surface area contributed by atoms with Crippen LogP contribution in [0, 0.1) is 0 Å². The van der Waals surface area contributed by atoms with Crippen molar-refractivity contribution in [1.82, 2.24) is 4.98 Å². The smallest absolute Gasteiger partial charge is 0.124 e. The Morgan fingerprint density at radius 3 is 2.71 bits per heavy atom. The third kappa shape index (κ3) is 2.53. The normalized spacial score (nSPS) is 14.4. The summed E-state index contributed by atoms with van der Waals surface area (Å²) in [5.41, 5.74) is -0.355. The molecule has 0 saturated heterocycles. The zero-order valence-electron chi connectivity index (χ0n) is 9.07. The van der Waals surface area contributed by atoms with Crippen LogP contribution in [0.2, 0.25) is 0 Å². The zero-order chi connectivity index (χ0) is 10.8. The molecular formula is C10H17NO2S. The standard InChI is InChI=1S/C10H17NO2S/c1-5-13-10(3,4)9-11-6-8(14-9)7(2)12/h6-7,12H,5H2,1-4H3. The first kappa shape index (κ1) is 11.6. The van der Waals surface area contributed by atoms with Gasteiger partial charge >= 0.3 is 0 Å². The number of aliphatic hydroxyl groups is 1. The Kier molecular flexibility index (Phi) is 3.64. The molecule has 4 heteroatoms. The van der Waals surface area contributed by atoms with Crippen LogP contribution >= 0.6 is 11.3 Å². The maximum atomic E-state index is 9.36. The molecule has 1 aromatic rings. The molecule has 1 heterocycles. The molecule has 1 rings (SSSR count). The molecule has 1 N–H and O–H groups in total. The second-order valence-corrected chi connectivity index (χ2v) is 4.75. The number of nitrogens with zero attached hydrogens (tertiary/aromatic N) is 1. The number of ether oxygens (including phenoxy) is 1. The average molecular weight is 215 g/mol. The van der Waals surface area contributed by atoms with E-state index < -0.39 is 6.10 Å². The van der Waals surface area contributed by atoms with Crippen molar-refractivity contribution < 1.29 is 9.84 Å². The van der Waals surface area contributed by atoms with Crippen LogP contribution in [0.4, 0.5) is 0 Å². The number of thiazole rings is 1. The van der Waals surface area contributed by atoms with Crippen molar-refractivity contribution in [2.75, 3.05) is 6.61 Å². The third-order valence-electron chi connectivity index (χ3n) is 1.96. The summed E-state index contributed by atoms with van der Waals surface area (Å²) in [6.07, 6.45) is 1.27. The highest BCUT2D eigenvalue weighted by molar-refractivity contribution is 7.11. The Bertz CT molecular complexity index is 294. The SMILES string of the molecule is CCOC(C)(C)c1ncc(C(C)O)s1. The lowest BCUT2D eigenvalue weighted by atomic mass is 10.1. The topological polar surface area (TPSA) is 42.4 Å². The summed E-state index contributed by atoms with van der Waals surface area (Å²) in [5.74, 6) is 0. The van der Waals surface area contributed by atoms with Crippen LogP contribution in [-0.4, -0.2) is 16.7 Å². The Morgan fingerprint density at radius 1 is 1.64 bits per heavy atom. The maximum Gasteiger partial charge on any atom is 0.124 e. The zero-order valence-corrected chi connectivity index (χ0v) is 9.89. The Morgan fingerprint density at radius 2 is 2.29 bits per heavy atom. The van der Waals surface area contributed by atoms with Crippen LogP contribution in [0.3, 0.4) is 0 Å². The minimum absolute atomic E-state index is 0.355. The molecule has 0 aliphatic rings. The monoisotopic (exact) mass is 215 g/mol. The van der Waals surface area contributed by atoms with E-state index in [4.69, 9.17) is 4.74 Å². The number of aliphatic hydroxyl groups excluding tert-OH is 1. The van der Waals surface area contributed by atoms with E-state index in [0.717, 1.165) is 9.88 Å². The maximum absolute atomic E-state index is 9.36. The van der Waals surface area contributed by atoms with E-state index in [1.165, 1.54) is 11.3 Å². The number of rotatable bonds is 4. The van der Waals surface area contributed by atoms with Crippen molar-refractivity contribution in [2.45, 2.75) is 39.4 Å². The average Bonchev–Trinajstić information content (AvgIpc) is 2.51. The molecule has 0 spiro atoms. The Hall–Kier alpha value is -0.450. The summed E-state index contributed by atoms with van der Waals surface area (Å²) in [7, 11) is 0. The number of aromatic nitrogens is 1. The molecule has 0 bridgehead atoms. The van der Waals surface area contributed by atoms with Crippen molar-refractivity contribution in [1.29, 1.82) is 0 Å². The highest BCUT2D eigenvalue weighted by atomic mass is 32.1. The van der Waals surface area contributed by atoms with Gasteiger partial charge in [0.25, 0.3) is 0 Å². The summed E-state index contributed by atoms with van der Waals surface area (Å²) < 4.78 is 5.57. The summed E-state index contributed by atoms with van der Waals surface area (Å²) in [5, 5.41) is 10.3. The third-order valence-corrected chi connectivity index (χ3v) is 3.43. The summed E-state index contributed by atoms with van der Waals surface area (Å²) in [6.45, 7) is 8.34. The van der Waals surface area contributed by atoms with Crippen molar-refractivity contribution in [3.63, 3.8) is 0 Å². The van der Waals surface area contributed by atoms with Crippen LogP contribution in [0.15, 0.2) is 6.20 Å². The molecule has 0 aliphatic heterocycles. The lowest BCUT2D eigenvalue weighted by Gasteiger charge is -2.21. The molecule has 1 aromatic heterocycles. The first-order valence-corrected chi connectivity index (χ1v) is 5.57. The van der Waals surface area contributed by atoms with E-state index in [2.05, 4.69) is 4.98 Å². The van der Waals surface area contributed by atoms with E-state index in [0.29, 0.717) is 6.61 Å². The molecule has 0 fully saturated rings. The van der Waals surface area contributed by atoms with Crippen LogP contribution in [0.1, 0.15) is 43.7 Å². The first-order chi connectivity index (χ1) is 6.47. The lowest BCUT2D eigenvalue weighted by molar-refractivity contribution is -0.0141. The molecule has 0 amide bonds. The summed E-state index contributed by atoms with van der Waals surface area (Å²) >= 11 is 1.50. The van der Waals surface area contributed by atoms with E-state index in [1.54, 1.807) is 13.1 Å². The molecule has 14 heavy (non-hydrogen) atoms. The van der Waals surface area contributed by atoms with E-state index in [-0.39, 0.29) is 5.60 Å². The second kappa shape index (κ2) is 4.38. The van der Waals surface area contributed by atoms with Crippen molar-refractivity contribution in [2.24, 2.45) is 0 Å². The lowest BCUT2D eigenvalue weighted by Crippen LogP contribution is -2.21. The van der Waals surface area contributed by atoms with Gasteiger partial charge in [-0.25, -0.2) is 4.98 Å². The molecule has 0 aromatic carbocycles. The molecule has 0 radical (unpaired) electrons. The fourth-order valence-electron chi connectivity index (χ4n) is 1.18. The minimum atomic E-state index is -0.446. The fourth-order valence-corrected chi connectivity index (χ4v) is 2.09. The van der Waals surface area contributed by atoms with Crippen LogP contribution < -0.4 is 0 Å². The molecular weight excluding hydrogens is 198 g/mol. The molecule has 3 nitrogen and oxygen atoms in total. The highest BCUT2D eigenvalue weighted by Gasteiger charge is 2.25. The summed E-state index contributed by atoms with van der Waals surface area (Å²) in [4.78, 5) is 5.14. The molecule has 0 saturated carbocycles. The van der Waals surface area contributed by atoms with Gasteiger partial charge in [0.2, 0.25) is 0 Å². The largest absolute Gasteiger partial charge is 0.388 e. The summed E-state index contributed by atoms with van der Waals surface area (Å²) in [6, 6.07) is 0. The van der Waals surface area contributed by atoms with Gasteiger partial charge in [0.15, 0.2) is 0 Å². The predicted molar refractivity (Wildman–Crippen MR) is 57.4 cm³/mol. The highest BCUT2D eigenvalue weighted by Crippen LogP contribution is 2.30. The van der Waals surface area contributed by atoms with Gasteiger partial charge in [-0.2, -0.15) is 0 Å². The Balaban J connectivity index is 2.85. The molecule has 1 atom stereocenters. The molecule has 80 valence electrons. The van der Waals surface area contributed by atoms with Gasteiger partial charge in [-0.15, -0.1) is 11.3 Å². The van der Waals surface area contributed by atoms with Crippen molar-refractivity contribution in [3.8, 4) is 0 Å². The van der Waals surface area contributed by atoms with Gasteiger partial charge in [0, 0.05) is 12.8 Å². The van der Waals surface area contributed by atoms with Crippen LogP contribution in [0.5, 0.6) is 0 Å². The second-order valence-electron chi connectivity index (χ2n) is 3.69. The van der Waals surface area contributed by atoms with Crippen molar-refractivity contribution >= 4 is 11.3 Å². The van der Waals surface area contributed by atoms with Gasteiger partial charge in [0.05, 0.1) is 11.0 Å². The van der Waals surface area contributed by atoms with Crippen LogP contribution in [0.25, 0.3) is 0 Å². The molecule has 1 unspecified atom stereocenters. The van der Waals surface area contributed by atoms with Crippen LogP contribution in [-0.2, 0) is 10.3 Å². The minimum Gasteiger partial charge on any atom is -0.388 e. The van der Waals surface area contributed by atoms with Gasteiger partial charge < -0.3 is 9.84 Å². The number of hydrogen-bond acceptors (Lipinski definition) is 4. The first-order valence-electron chi connectivity index (χ1n) is 4.75. The van der Waals surface area contributed by atoms with Crippen molar-refractivity contribution in [3.05, 3.63) is 16.1 Å². The Labute approximate surface area is 88.8 Å². The fraction of sp³-hybridized carbons (Fsp3) is 0.700. The van der Waals surface area contributed by atoms with E-state index in [1.807, 2.05) is 20.8 Å². The quantitative estimate of drug-likeness (QED) is 0.839. The van der Waals surface area contributed by atoms with Gasteiger partial charge in [0.1, 0.15) is 10.6 Å². The predicted octanol–water partition coefficient (Wildman–Crippen LogP) is 2.47. The van der Waals surface area contributed by atoms with E-state index >= 15 is 0 Å². The molecule has 0 aliphatic carbocycles. The number of hydrogen-bond donors (Lipinski definition) is 1. The van der Waals surface area contributed by atoms with Gasteiger partial charge in [-0.3, -0.25) is 0 Å².